The molecule has 0 bridgehead atoms. The van der Waals surface area contributed by atoms with Gasteiger partial charge in [0.25, 0.3) is 0 Å². The number of ether oxygens (including phenoxy) is 1. The molecule has 2 heterocycles. The van der Waals surface area contributed by atoms with E-state index in [0.717, 1.165) is 24.2 Å². The van der Waals surface area contributed by atoms with Crippen molar-refractivity contribution < 1.29 is 4.74 Å². The average molecular weight is 274 g/mol. The highest BCUT2D eigenvalue weighted by atomic mass is 16.5. The molecule has 3 heteroatoms. The molecule has 3 rings (SSSR count). The van der Waals surface area contributed by atoms with Crippen LogP contribution in [0.25, 0.3) is 0 Å². The Morgan fingerprint density at radius 1 is 1.35 bits per heavy atom. The molecule has 0 spiro atoms. The van der Waals surface area contributed by atoms with Crippen LogP contribution in [0.5, 0.6) is 5.75 Å². The van der Waals surface area contributed by atoms with Crippen LogP contribution < -0.4 is 10.1 Å². The molecule has 3 nitrogen and oxygen atoms in total. The van der Waals surface area contributed by atoms with E-state index in [9.17, 15) is 0 Å². The lowest BCUT2D eigenvalue weighted by Crippen LogP contribution is -2.35. The van der Waals surface area contributed by atoms with Crippen molar-refractivity contribution in [3.8, 4) is 5.75 Å². The van der Waals surface area contributed by atoms with Gasteiger partial charge in [-0.3, -0.25) is 4.90 Å². The number of benzene rings is 1. The number of likely N-dealkylation sites (tertiary alicyclic amines) is 1. The minimum Gasteiger partial charge on any atom is -0.494 e. The zero-order valence-electron chi connectivity index (χ0n) is 12.8. The lowest BCUT2D eigenvalue weighted by atomic mass is 9.95. The van der Waals surface area contributed by atoms with E-state index in [2.05, 4.69) is 55.3 Å². The molecule has 4 atom stereocenters. The lowest BCUT2D eigenvalue weighted by Gasteiger charge is -2.31. The molecule has 1 aromatic carbocycles. The van der Waals surface area contributed by atoms with E-state index in [4.69, 9.17) is 4.74 Å². The maximum Gasteiger partial charge on any atom is 0.124 e. The Morgan fingerprint density at radius 3 is 2.90 bits per heavy atom. The predicted molar refractivity (Wildman–Crippen MR) is 82.0 cm³/mol. The average Bonchev–Trinajstić information content (AvgIpc) is 3.03. The second kappa shape index (κ2) is 5.74. The van der Waals surface area contributed by atoms with Crippen LogP contribution >= 0.6 is 0 Å². The summed E-state index contributed by atoms with van der Waals surface area (Å²) in [7, 11) is 0. The summed E-state index contributed by atoms with van der Waals surface area (Å²) in [5.74, 6) is 2.69. The molecule has 2 aliphatic heterocycles. The Kier molecular flexibility index (Phi) is 3.99. The first-order chi connectivity index (χ1) is 9.72. The monoisotopic (exact) mass is 274 g/mol. The molecule has 2 fully saturated rings. The van der Waals surface area contributed by atoms with Gasteiger partial charge in [-0.2, -0.15) is 0 Å². The molecule has 4 unspecified atom stereocenters. The van der Waals surface area contributed by atoms with Crippen LogP contribution in [0, 0.1) is 11.8 Å². The van der Waals surface area contributed by atoms with Gasteiger partial charge < -0.3 is 10.1 Å². The third kappa shape index (κ3) is 2.33. The van der Waals surface area contributed by atoms with Crippen LogP contribution in [0.1, 0.15) is 32.4 Å². The number of hydrogen-bond donors (Lipinski definition) is 1. The number of rotatable bonds is 4. The fraction of sp³-hybridized carbons (Fsp3) is 0.647. The molecule has 1 aromatic rings. The summed E-state index contributed by atoms with van der Waals surface area (Å²) in [4.78, 5) is 2.66. The van der Waals surface area contributed by atoms with Crippen molar-refractivity contribution in [3.63, 3.8) is 0 Å². The van der Waals surface area contributed by atoms with Crippen molar-refractivity contribution in [2.45, 2.75) is 32.9 Å². The van der Waals surface area contributed by atoms with Gasteiger partial charge in [-0.1, -0.05) is 18.2 Å². The van der Waals surface area contributed by atoms with Crippen molar-refractivity contribution >= 4 is 0 Å². The number of nitrogens with zero attached hydrogens (tertiary/aromatic N) is 1. The van der Waals surface area contributed by atoms with Gasteiger partial charge in [0.05, 0.1) is 6.61 Å². The van der Waals surface area contributed by atoms with Gasteiger partial charge in [-0.15, -0.1) is 0 Å². The second-order valence-corrected chi connectivity index (χ2v) is 6.17. The number of nitrogens with one attached hydrogen (secondary N) is 1. The molecule has 20 heavy (non-hydrogen) atoms. The van der Waals surface area contributed by atoms with Crippen molar-refractivity contribution in [1.82, 2.24) is 10.2 Å². The fourth-order valence-electron chi connectivity index (χ4n) is 4.00. The van der Waals surface area contributed by atoms with Gasteiger partial charge in [0.15, 0.2) is 0 Å². The normalized spacial score (nSPS) is 31.2. The van der Waals surface area contributed by atoms with Crippen molar-refractivity contribution in [2.75, 3.05) is 26.2 Å². The van der Waals surface area contributed by atoms with Gasteiger partial charge in [0.1, 0.15) is 5.75 Å². The zero-order valence-corrected chi connectivity index (χ0v) is 12.8. The Hall–Kier alpha value is -1.06. The van der Waals surface area contributed by atoms with Gasteiger partial charge in [-0.25, -0.2) is 0 Å². The van der Waals surface area contributed by atoms with Gasteiger partial charge in [0, 0.05) is 24.2 Å². The van der Waals surface area contributed by atoms with Gasteiger partial charge >= 0.3 is 0 Å². The molecule has 0 amide bonds. The standard InChI is InChI=1S/C17H26N2O/c1-4-20-17-8-6-5-7-15(17)12(2)19-11-14-9-18-10-16(14)13(19)3/h5-8,12-14,16,18H,4,9-11H2,1-3H3. The molecular formula is C17H26N2O. The molecule has 110 valence electrons. The van der Waals surface area contributed by atoms with Crippen LogP contribution in [-0.2, 0) is 0 Å². The predicted octanol–water partition coefficient (Wildman–Crippen LogP) is 2.69. The van der Waals surface area contributed by atoms with Crippen LogP contribution in [0.15, 0.2) is 24.3 Å². The van der Waals surface area contributed by atoms with Crippen LogP contribution in [-0.4, -0.2) is 37.2 Å². The molecule has 0 radical (unpaired) electrons. The van der Waals surface area contributed by atoms with Crippen molar-refractivity contribution in [2.24, 2.45) is 11.8 Å². The first-order valence-corrected chi connectivity index (χ1v) is 7.90. The first-order valence-electron chi connectivity index (χ1n) is 7.90. The zero-order chi connectivity index (χ0) is 14.1. The molecular weight excluding hydrogens is 248 g/mol. The number of fused-ring (bicyclic) bond motifs is 1. The van der Waals surface area contributed by atoms with E-state index in [-0.39, 0.29) is 0 Å². The Morgan fingerprint density at radius 2 is 2.15 bits per heavy atom. The van der Waals surface area contributed by atoms with Crippen LogP contribution in [0.3, 0.4) is 0 Å². The van der Waals surface area contributed by atoms with E-state index in [1.807, 2.05) is 0 Å². The summed E-state index contributed by atoms with van der Waals surface area (Å²) < 4.78 is 5.81. The summed E-state index contributed by atoms with van der Waals surface area (Å²) in [5.41, 5.74) is 1.33. The topological polar surface area (TPSA) is 24.5 Å². The fourth-order valence-corrected chi connectivity index (χ4v) is 4.00. The maximum absolute atomic E-state index is 5.81. The molecule has 2 aliphatic rings. The first kappa shape index (κ1) is 13.9. The molecule has 0 aromatic heterocycles. The number of hydrogen-bond acceptors (Lipinski definition) is 3. The van der Waals surface area contributed by atoms with E-state index >= 15 is 0 Å². The Balaban J connectivity index is 1.81. The van der Waals surface area contributed by atoms with E-state index in [1.54, 1.807) is 0 Å². The Bertz CT molecular complexity index is 462. The quantitative estimate of drug-likeness (QED) is 0.913. The third-order valence-corrected chi connectivity index (χ3v) is 5.15. The third-order valence-electron chi connectivity index (χ3n) is 5.15. The summed E-state index contributed by atoms with van der Waals surface area (Å²) in [6.45, 7) is 11.1. The molecule has 1 N–H and O–H groups in total. The van der Waals surface area contributed by atoms with Crippen LogP contribution in [0.4, 0.5) is 0 Å². The summed E-state index contributed by atoms with van der Waals surface area (Å²) >= 11 is 0. The SMILES string of the molecule is CCOc1ccccc1C(C)N1CC2CNCC2C1C. The lowest BCUT2D eigenvalue weighted by molar-refractivity contribution is 0.178. The summed E-state index contributed by atoms with van der Waals surface area (Å²) in [5, 5.41) is 3.53. The highest BCUT2D eigenvalue weighted by Gasteiger charge is 2.43. The second-order valence-electron chi connectivity index (χ2n) is 6.17. The largest absolute Gasteiger partial charge is 0.494 e. The highest BCUT2D eigenvalue weighted by molar-refractivity contribution is 5.36. The maximum atomic E-state index is 5.81. The van der Waals surface area contributed by atoms with E-state index < -0.39 is 0 Å². The minimum atomic E-state index is 0.429. The van der Waals surface area contributed by atoms with Crippen molar-refractivity contribution in [1.29, 1.82) is 0 Å². The summed E-state index contributed by atoms with van der Waals surface area (Å²) in [6, 6.07) is 9.58. The molecule has 2 saturated heterocycles. The summed E-state index contributed by atoms with van der Waals surface area (Å²) in [6.07, 6.45) is 0. The van der Waals surface area contributed by atoms with Gasteiger partial charge in [-0.05, 0) is 51.8 Å². The van der Waals surface area contributed by atoms with E-state index in [0.29, 0.717) is 12.1 Å². The highest BCUT2D eigenvalue weighted by Crippen LogP contribution is 2.39. The molecule has 0 saturated carbocycles. The smallest absolute Gasteiger partial charge is 0.124 e. The van der Waals surface area contributed by atoms with Crippen molar-refractivity contribution in [3.05, 3.63) is 29.8 Å². The Labute approximate surface area is 122 Å². The van der Waals surface area contributed by atoms with Crippen LogP contribution in [0.2, 0.25) is 0 Å². The van der Waals surface area contributed by atoms with E-state index in [1.165, 1.54) is 25.2 Å². The molecule has 0 aliphatic carbocycles. The minimum absolute atomic E-state index is 0.429. The number of para-hydroxylation sites is 1. The van der Waals surface area contributed by atoms with Gasteiger partial charge in [0.2, 0.25) is 0 Å².